The van der Waals surface area contributed by atoms with E-state index < -0.39 is 5.91 Å². The van der Waals surface area contributed by atoms with Crippen LogP contribution in [0.25, 0.3) is 0 Å². The minimum absolute atomic E-state index is 0.439. The SMILES string of the molecule is NC(=O)c1cc(N)ccc1N1CCc2ccccc2C1. The number of hydrogen-bond donors (Lipinski definition) is 2. The second-order valence-corrected chi connectivity index (χ2v) is 5.08. The van der Waals surface area contributed by atoms with E-state index in [0.717, 1.165) is 25.2 Å². The fraction of sp³-hybridized carbons (Fsp3) is 0.188. The number of carbonyl (C=O) groups is 1. The molecule has 1 aliphatic heterocycles. The summed E-state index contributed by atoms with van der Waals surface area (Å²) >= 11 is 0. The van der Waals surface area contributed by atoms with Crippen molar-refractivity contribution in [1.82, 2.24) is 0 Å². The second-order valence-electron chi connectivity index (χ2n) is 5.08. The van der Waals surface area contributed by atoms with E-state index in [0.29, 0.717) is 11.3 Å². The van der Waals surface area contributed by atoms with Crippen LogP contribution >= 0.6 is 0 Å². The number of nitrogens with two attached hydrogens (primary N) is 2. The Morgan fingerprint density at radius 1 is 1.10 bits per heavy atom. The Kier molecular flexibility index (Phi) is 3.06. The number of nitrogen functional groups attached to an aromatic ring is 1. The van der Waals surface area contributed by atoms with Crippen LogP contribution in [0.5, 0.6) is 0 Å². The molecule has 0 unspecified atom stereocenters. The predicted octanol–water partition coefficient (Wildman–Crippen LogP) is 1.93. The summed E-state index contributed by atoms with van der Waals surface area (Å²) in [6.07, 6.45) is 0.971. The van der Waals surface area contributed by atoms with Gasteiger partial charge in [0.1, 0.15) is 0 Å². The van der Waals surface area contributed by atoms with Crippen LogP contribution in [0.1, 0.15) is 21.5 Å². The Morgan fingerprint density at radius 2 is 1.85 bits per heavy atom. The topological polar surface area (TPSA) is 72.3 Å². The molecule has 0 aliphatic carbocycles. The monoisotopic (exact) mass is 267 g/mol. The Balaban J connectivity index is 1.97. The molecule has 3 rings (SSSR count). The molecule has 20 heavy (non-hydrogen) atoms. The van der Waals surface area contributed by atoms with E-state index in [1.54, 1.807) is 6.07 Å². The molecule has 0 atom stereocenters. The molecule has 2 aromatic carbocycles. The highest BCUT2D eigenvalue weighted by atomic mass is 16.1. The Morgan fingerprint density at radius 3 is 2.60 bits per heavy atom. The molecule has 1 heterocycles. The molecule has 0 fully saturated rings. The van der Waals surface area contributed by atoms with Gasteiger partial charge in [0.05, 0.1) is 5.56 Å². The highest BCUT2D eigenvalue weighted by Crippen LogP contribution is 2.28. The Hall–Kier alpha value is -2.49. The number of primary amides is 1. The van der Waals surface area contributed by atoms with Crippen molar-refractivity contribution in [2.45, 2.75) is 13.0 Å². The maximum absolute atomic E-state index is 11.6. The van der Waals surface area contributed by atoms with Gasteiger partial charge in [-0.05, 0) is 35.7 Å². The molecule has 4 nitrogen and oxygen atoms in total. The van der Waals surface area contributed by atoms with Crippen LogP contribution in [-0.2, 0) is 13.0 Å². The molecule has 4 heteroatoms. The van der Waals surface area contributed by atoms with E-state index in [4.69, 9.17) is 11.5 Å². The minimum atomic E-state index is -0.439. The lowest BCUT2D eigenvalue weighted by Gasteiger charge is -2.31. The van der Waals surface area contributed by atoms with Gasteiger partial charge in [0.15, 0.2) is 0 Å². The third-order valence-electron chi connectivity index (χ3n) is 3.76. The van der Waals surface area contributed by atoms with Gasteiger partial charge in [-0.1, -0.05) is 24.3 Å². The minimum Gasteiger partial charge on any atom is -0.399 e. The number of fused-ring (bicyclic) bond motifs is 1. The van der Waals surface area contributed by atoms with Crippen molar-refractivity contribution >= 4 is 17.3 Å². The second kappa shape index (κ2) is 4.89. The lowest BCUT2D eigenvalue weighted by molar-refractivity contribution is 0.100. The smallest absolute Gasteiger partial charge is 0.250 e. The van der Waals surface area contributed by atoms with Gasteiger partial charge in [-0.2, -0.15) is 0 Å². The van der Waals surface area contributed by atoms with Gasteiger partial charge in [0.2, 0.25) is 0 Å². The van der Waals surface area contributed by atoms with Crippen LogP contribution in [0.4, 0.5) is 11.4 Å². The van der Waals surface area contributed by atoms with Crippen LogP contribution < -0.4 is 16.4 Å². The van der Waals surface area contributed by atoms with Gasteiger partial charge in [0.25, 0.3) is 5.91 Å². The molecular weight excluding hydrogens is 250 g/mol. The molecule has 4 N–H and O–H groups in total. The zero-order valence-electron chi connectivity index (χ0n) is 11.2. The molecule has 0 radical (unpaired) electrons. The normalized spacial score (nSPS) is 13.9. The molecular formula is C16H17N3O. The largest absolute Gasteiger partial charge is 0.399 e. The zero-order valence-corrected chi connectivity index (χ0v) is 11.2. The standard InChI is InChI=1S/C16H17N3O/c17-13-5-6-15(14(9-13)16(18)20)19-8-7-11-3-1-2-4-12(11)10-19/h1-6,9H,7-8,10,17H2,(H2,18,20). The molecule has 0 saturated carbocycles. The summed E-state index contributed by atoms with van der Waals surface area (Å²) in [5.41, 5.74) is 15.8. The van der Waals surface area contributed by atoms with Crippen molar-refractivity contribution < 1.29 is 4.79 Å². The fourth-order valence-corrected chi connectivity index (χ4v) is 2.73. The van der Waals surface area contributed by atoms with Crippen molar-refractivity contribution in [2.75, 3.05) is 17.2 Å². The lowest BCUT2D eigenvalue weighted by atomic mass is 9.98. The first-order valence-corrected chi connectivity index (χ1v) is 6.66. The third kappa shape index (κ3) is 2.20. The van der Waals surface area contributed by atoms with Crippen molar-refractivity contribution in [2.24, 2.45) is 5.73 Å². The average Bonchev–Trinajstić information content (AvgIpc) is 2.46. The highest BCUT2D eigenvalue weighted by Gasteiger charge is 2.20. The van der Waals surface area contributed by atoms with E-state index >= 15 is 0 Å². The van der Waals surface area contributed by atoms with E-state index in [-0.39, 0.29) is 0 Å². The predicted molar refractivity (Wildman–Crippen MR) is 80.6 cm³/mol. The molecule has 102 valence electrons. The van der Waals surface area contributed by atoms with Crippen LogP contribution in [-0.4, -0.2) is 12.5 Å². The first-order chi connectivity index (χ1) is 9.65. The third-order valence-corrected chi connectivity index (χ3v) is 3.76. The number of rotatable bonds is 2. The van der Waals surface area contributed by atoms with Gasteiger partial charge >= 0.3 is 0 Å². The molecule has 2 aromatic rings. The molecule has 1 aliphatic rings. The van der Waals surface area contributed by atoms with Crippen molar-refractivity contribution in [1.29, 1.82) is 0 Å². The number of carbonyl (C=O) groups excluding carboxylic acids is 1. The van der Waals surface area contributed by atoms with E-state index in [9.17, 15) is 4.79 Å². The molecule has 0 saturated heterocycles. The van der Waals surface area contributed by atoms with E-state index in [2.05, 4.69) is 23.1 Å². The summed E-state index contributed by atoms with van der Waals surface area (Å²) < 4.78 is 0. The lowest BCUT2D eigenvalue weighted by Crippen LogP contribution is -2.32. The summed E-state index contributed by atoms with van der Waals surface area (Å²) in [5, 5.41) is 0. The molecule has 0 bridgehead atoms. The summed E-state index contributed by atoms with van der Waals surface area (Å²) in [6, 6.07) is 13.7. The molecule has 0 aromatic heterocycles. The van der Waals surface area contributed by atoms with Crippen molar-refractivity contribution in [3.63, 3.8) is 0 Å². The van der Waals surface area contributed by atoms with Gasteiger partial charge in [-0.3, -0.25) is 4.79 Å². The van der Waals surface area contributed by atoms with E-state index in [1.165, 1.54) is 11.1 Å². The first kappa shape index (κ1) is 12.5. The first-order valence-electron chi connectivity index (χ1n) is 6.66. The number of benzene rings is 2. The quantitative estimate of drug-likeness (QED) is 0.817. The van der Waals surface area contributed by atoms with Gasteiger partial charge in [-0.15, -0.1) is 0 Å². The van der Waals surface area contributed by atoms with Crippen LogP contribution in [0, 0.1) is 0 Å². The molecule has 0 spiro atoms. The van der Waals surface area contributed by atoms with Crippen molar-refractivity contribution in [3.05, 3.63) is 59.2 Å². The van der Waals surface area contributed by atoms with Crippen LogP contribution in [0.15, 0.2) is 42.5 Å². The Bertz CT molecular complexity index is 667. The summed E-state index contributed by atoms with van der Waals surface area (Å²) in [7, 11) is 0. The Labute approximate surface area is 118 Å². The highest BCUT2D eigenvalue weighted by molar-refractivity contribution is 5.99. The average molecular weight is 267 g/mol. The summed E-state index contributed by atoms with van der Waals surface area (Å²) in [5.74, 6) is -0.439. The van der Waals surface area contributed by atoms with Gasteiger partial charge in [-0.25, -0.2) is 0 Å². The summed E-state index contributed by atoms with van der Waals surface area (Å²) in [6.45, 7) is 1.67. The van der Waals surface area contributed by atoms with Crippen LogP contribution in [0.3, 0.4) is 0 Å². The summed E-state index contributed by atoms with van der Waals surface area (Å²) in [4.78, 5) is 13.8. The number of anilines is 2. The number of amides is 1. The zero-order chi connectivity index (χ0) is 14.1. The fourth-order valence-electron chi connectivity index (χ4n) is 2.73. The van der Waals surface area contributed by atoms with Gasteiger partial charge in [0, 0.05) is 24.5 Å². The molecule has 1 amide bonds. The number of nitrogens with zero attached hydrogens (tertiary/aromatic N) is 1. The number of hydrogen-bond acceptors (Lipinski definition) is 3. The van der Waals surface area contributed by atoms with Gasteiger partial charge < -0.3 is 16.4 Å². The van der Waals surface area contributed by atoms with Crippen molar-refractivity contribution in [3.8, 4) is 0 Å². The van der Waals surface area contributed by atoms with E-state index in [1.807, 2.05) is 18.2 Å². The van der Waals surface area contributed by atoms with Crippen LogP contribution in [0.2, 0.25) is 0 Å². The maximum Gasteiger partial charge on any atom is 0.250 e. The maximum atomic E-state index is 11.6.